The van der Waals surface area contributed by atoms with Gasteiger partial charge in [0.15, 0.2) is 0 Å². The second-order valence-corrected chi connectivity index (χ2v) is 3.97. The fourth-order valence-corrected chi connectivity index (χ4v) is 1.42. The fourth-order valence-electron chi connectivity index (χ4n) is 0.966. The molecular formula is C4H7N5O4S. The lowest BCUT2D eigenvalue weighted by atomic mass is 10.6. The van der Waals surface area contributed by atoms with Crippen molar-refractivity contribution in [3.8, 4) is 0 Å². The maximum absolute atomic E-state index is 10.7. The number of hydrogen-bond donors (Lipinski definition) is 3. The Morgan fingerprint density at radius 2 is 1.79 bits per heavy atom. The molecule has 0 radical (unpaired) electrons. The van der Waals surface area contributed by atoms with Gasteiger partial charge in [0.1, 0.15) is 0 Å². The van der Waals surface area contributed by atoms with Gasteiger partial charge in [-0.05, 0) is 10.3 Å². The highest BCUT2D eigenvalue weighted by Gasteiger charge is 2.24. The molecule has 0 saturated carbocycles. The Bertz CT molecular complexity index is 404. The van der Waals surface area contributed by atoms with Crippen molar-refractivity contribution in [2.24, 2.45) is 0 Å². The van der Waals surface area contributed by atoms with Crippen molar-refractivity contribution in [2.45, 2.75) is 0 Å². The zero-order valence-corrected chi connectivity index (χ0v) is 7.65. The molecule has 2 rings (SSSR count). The van der Waals surface area contributed by atoms with Gasteiger partial charge in [-0.15, -0.1) is 4.31 Å². The van der Waals surface area contributed by atoms with E-state index in [-0.39, 0.29) is 13.3 Å². The van der Waals surface area contributed by atoms with Gasteiger partial charge >= 0.3 is 10.3 Å². The number of nitrogens with one attached hydrogen (secondary N) is 2. The monoisotopic (exact) mass is 221 g/mol. The molecule has 0 fully saturated rings. The van der Waals surface area contributed by atoms with Crippen LogP contribution in [-0.2, 0) is 10.3 Å². The van der Waals surface area contributed by atoms with E-state index in [9.17, 15) is 8.42 Å². The number of aromatic nitrogens is 2. The van der Waals surface area contributed by atoms with E-state index in [4.69, 9.17) is 4.55 Å². The third-order valence-electron chi connectivity index (χ3n) is 1.66. The first-order valence-corrected chi connectivity index (χ1v) is 5.00. The molecule has 0 unspecified atom stereocenters. The number of hydrogen-bond acceptors (Lipinski definition) is 7. The van der Waals surface area contributed by atoms with Gasteiger partial charge in [-0.2, -0.15) is 8.42 Å². The standard InChI is InChI=1S/C4H7N5O4S/c10-14(11,12)9-1-5-3-4(6-2-9)8-13-7-3/h1-2H2,(H,5,7)(H,6,8)(H,10,11,12). The van der Waals surface area contributed by atoms with Crippen LogP contribution in [0.15, 0.2) is 4.63 Å². The lowest BCUT2D eigenvalue weighted by Gasteiger charge is -2.14. The summed E-state index contributed by atoms with van der Waals surface area (Å²) in [5, 5.41) is 12.2. The zero-order chi connectivity index (χ0) is 10.2. The summed E-state index contributed by atoms with van der Waals surface area (Å²) in [4.78, 5) is 0. The van der Waals surface area contributed by atoms with Crippen molar-refractivity contribution in [2.75, 3.05) is 24.0 Å². The Kier molecular flexibility index (Phi) is 2.02. The summed E-state index contributed by atoms with van der Waals surface area (Å²) in [6, 6.07) is 0. The quantitative estimate of drug-likeness (QED) is 0.512. The highest BCUT2D eigenvalue weighted by Crippen LogP contribution is 2.18. The molecule has 0 atom stereocenters. The molecule has 0 spiro atoms. The molecule has 0 amide bonds. The first kappa shape index (κ1) is 9.18. The molecule has 1 aliphatic heterocycles. The molecule has 78 valence electrons. The molecule has 9 nitrogen and oxygen atoms in total. The number of rotatable bonds is 1. The van der Waals surface area contributed by atoms with Gasteiger partial charge in [0.2, 0.25) is 11.6 Å². The minimum Gasteiger partial charge on any atom is -0.350 e. The maximum Gasteiger partial charge on any atom is 0.339 e. The topological polar surface area (TPSA) is 121 Å². The summed E-state index contributed by atoms with van der Waals surface area (Å²) >= 11 is 0. The van der Waals surface area contributed by atoms with E-state index in [0.717, 1.165) is 4.31 Å². The Hall–Kier alpha value is -1.39. The van der Waals surface area contributed by atoms with E-state index in [1.54, 1.807) is 0 Å². The SMILES string of the molecule is O=S(=O)(O)N1CNc2nonc2NC1. The molecule has 2 heterocycles. The second kappa shape index (κ2) is 3.08. The van der Waals surface area contributed by atoms with Crippen molar-refractivity contribution in [3.05, 3.63) is 0 Å². The highest BCUT2D eigenvalue weighted by atomic mass is 32.2. The minimum absolute atomic E-state index is 0.104. The molecular weight excluding hydrogens is 214 g/mol. The van der Waals surface area contributed by atoms with E-state index >= 15 is 0 Å². The molecule has 1 aliphatic rings. The molecule has 0 aliphatic carbocycles. The largest absolute Gasteiger partial charge is 0.350 e. The van der Waals surface area contributed by atoms with E-state index in [2.05, 4.69) is 25.6 Å². The number of fused-ring (bicyclic) bond motifs is 1. The van der Waals surface area contributed by atoms with Crippen molar-refractivity contribution in [3.63, 3.8) is 0 Å². The minimum atomic E-state index is -4.22. The summed E-state index contributed by atoms with van der Waals surface area (Å²) in [5.41, 5.74) is 0. The van der Waals surface area contributed by atoms with E-state index in [0.29, 0.717) is 11.6 Å². The highest BCUT2D eigenvalue weighted by molar-refractivity contribution is 7.83. The summed E-state index contributed by atoms with van der Waals surface area (Å²) in [6.07, 6.45) is 0. The lowest BCUT2D eigenvalue weighted by molar-refractivity contribution is 0.307. The molecule has 0 saturated heterocycles. The lowest BCUT2D eigenvalue weighted by Crippen LogP contribution is -2.36. The van der Waals surface area contributed by atoms with Gasteiger partial charge in [-0.1, -0.05) is 0 Å². The first-order valence-electron chi connectivity index (χ1n) is 3.60. The summed E-state index contributed by atoms with van der Waals surface area (Å²) in [6.45, 7) is -0.208. The predicted octanol–water partition coefficient (Wildman–Crippen LogP) is -1.07. The first-order chi connectivity index (χ1) is 6.57. The number of nitrogens with zero attached hydrogens (tertiary/aromatic N) is 3. The third-order valence-corrected chi connectivity index (χ3v) is 2.57. The van der Waals surface area contributed by atoms with Crippen LogP contribution in [0.3, 0.4) is 0 Å². The van der Waals surface area contributed by atoms with Crippen LogP contribution in [0.5, 0.6) is 0 Å². The van der Waals surface area contributed by atoms with Gasteiger partial charge in [0, 0.05) is 0 Å². The van der Waals surface area contributed by atoms with Crippen LogP contribution in [0.2, 0.25) is 0 Å². The normalized spacial score (nSPS) is 17.8. The third kappa shape index (κ3) is 1.62. The Labute approximate surface area is 78.9 Å². The van der Waals surface area contributed by atoms with E-state index in [1.807, 2.05) is 0 Å². The second-order valence-electron chi connectivity index (χ2n) is 2.56. The van der Waals surface area contributed by atoms with Gasteiger partial charge in [0.25, 0.3) is 0 Å². The van der Waals surface area contributed by atoms with Crippen LogP contribution in [-0.4, -0.2) is 40.9 Å². The van der Waals surface area contributed by atoms with E-state index < -0.39 is 10.3 Å². The molecule has 0 aromatic carbocycles. The Morgan fingerprint density at radius 3 is 2.21 bits per heavy atom. The smallest absolute Gasteiger partial charge is 0.339 e. The van der Waals surface area contributed by atoms with Crippen LogP contribution in [0.25, 0.3) is 0 Å². The fraction of sp³-hybridized carbons (Fsp3) is 0.500. The molecule has 3 N–H and O–H groups in total. The van der Waals surface area contributed by atoms with Gasteiger partial charge in [-0.25, -0.2) is 4.63 Å². The zero-order valence-electron chi connectivity index (χ0n) is 6.84. The molecule has 1 aromatic heterocycles. The van der Waals surface area contributed by atoms with Crippen LogP contribution in [0.1, 0.15) is 0 Å². The average molecular weight is 221 g/mol. The number of anilines is 2. The van der Waals surface area contributed by atoms with Crippen LogP contribution in [0, 0.1) is 0 Å². The van der Waals surface area contributed by atoms with E-state index in [1.165, 1.54) is 0 Å². The van der Waals surface area contributed by atoms with Crippen molar-refractivity contribution >= 4 is 21.9 Å². The van der Waals surface area contributed by atoms with Gasteiger partial charge in [-0.3, -0.25) is 4.55 Å². The van der Waals surface area contributed by atoms with Crippen molar-refractivity contribution in [1.82, 2.24) is 14.6 Å². The predicted molar refractivity (Wildman–Crippen MR) is 44.7 cm³/mol. The Balaban J connectivity index is 2.18. The van der Waals surface area contributed by atoms with Gasteiger partial charge < -0.3 is 10.6 Å². The molecule has 1 aromatic rings. The van der Waals surface area contributed by atoms with Gasteiger partial charge in [0.05, 0.1) is 13.3 Å². The summed E-state index contributed by atoms with van der Waals surface area (Å²) < 4.78 is 35.4. The van der Waals surface area contributed by atoms with Crippen LogP contribution >= 0.6 is 0 Å². The molecule has 14 heavy (non-hydrogen) atoms. The molecule has 10 heteroatoms. The summed E-state index contributed by atoms with van der Waals surface area (Å²) in [5.74, 6) is 0.604. The average Bonchev–Trinajstić information content (AvgIpc) is 2.42. The maximum atomic E-state index is 10.7. The molecule has 0 bridgehead atoms. The van der Waals surface area contributed by atoms with Crippen molar-refractivity contribution in [1.29, 1.82) is 0 Å². The Morgan fingerprint density at radius 1 is 1.29 bits per heavy atom. The van der Waals surface area contributed by atoms with Crippen LogP contribution < -0.4 is 10.6 Å². The van der Waals surface area contributed by atoms with Crippen molar-refractivity contribution < 1.29 is 17.6 Å². The van der Waals surface area contributed by atoms with Crippen LogP contribution in [0.4, 0.5) is 11.6 Å². The summed E-state index contributed by atoms with van der Waals surface area (Å²) in [7, 11) is -4.22.